The van der Waals surface area contributed by atoms with Gasteiger partial charge in [0.15, 0.2) is 11.4 Å². The van der Waals surface area contributed by atoms with Gasteiger partial charge in [-0.2, -0.15) is 18.3 Å². The van der Waals surface area contributed by atoms with Crippen LogP contribution < -0.4 is 32.7 Å². The smallest absolute Gasteiger partial charge is 0.405 e. The van der Waals surface area contributed by atoms with Gasteiger partial charge in [-0.3, -0.25) is 38.3 Å². The Morgan fingerprint density at radius 2 is 1.85 bits per heavy atom. The number of nitrogens with one attached hydrogen (secondary N) is 4. The number of halogens is 3. The fourth-order valence-electron chi connectivity index (χ4n) is 7.74. The molecule has 324 valence electrons. The predicted molar refractivity (Wildman–Crippen MR) is 215 cm³/mol. The third-order valence-electron chi connectivity index (χ3n) is 10.9. The molecule has 7 rings (SSSR count). The number of imide groups is 1. The maximum atomic E-state index is 13.1. The Hall–Kier alpha value is -6.35. The molecule has 2 aliphatic rings. The van der Waals surface area contributed by atoms with Crippen LogP contribution in [0.5, 0.6) is 0 Å². The number of fused-ring (bicyclic) bond motifs is 1. The Morgan fingerprint density at radius 1 is 1.05 bits per heavy atom. The number of nitrogens with two attached hydrogens (primary N) is 1. The molecule has 0 bridgehead atoms. The lowest BCUT2D eigenvalue weighted by Gasteiger charge is -2.28. The number of rotatable bonds is 17. The molecule has 18 nitrogen and oxygen atoms in total. The van der Waals surface area contributed by atoms with Gasteiger partial charge in [-0.05, 0) is 87.2 Å². The van der Waals surface area contributed by atoms with Crippen molar-refractivity contribution in [2.45, 2.75) is 69.6 Å². The first-order valence-electron chi connectivity index (χ1n) is 20.0. The molecule has 1 atom stereocenters. The Balaban J connectivity index is 0.817. The second-order valence-corrected chi connectivity index (χ2v) is 15.2. The van der Waals surface area contributed by atoms with Crippen LogP contribution in [0.15, 0.2) is 58.2 Å². The third-order valence-corrected chi connectivity index (χ3v) is 10.9. The van der Waals surface area contributed by atoms with Crippen LogP contribution in [-0.4, -0.2) is 91.5 Å². The van der Waals surface area contributed by atoms with Crippen LogP contribution >= 0.6 is 0 Å². The maximum Gasteiger partial charge on any atom is 0.405 e. The minimum Gasteiger partial charge on any atom is -0.444 e. The number of pyridine rings is 1. The summed E-state index contributed by atoms with van der Waals surface area (Å²) in [6, 6.07) is 7.82. The third kappa shape index (κ3) is 10.3. The number of hydrogen-bond acceptors (Lipinski definition) is 12. The Kier molecular flexibility index (Phi) is 13.0. The molecule has 0 spiro atoms. The first kappa shape index (κ1) is 42.8. The topological polar surface area (TPSA) is 235 Å². The average Bonchev–Trinajstić information content (AvgIpc) is 3.96. The van der Waals surface area contributed by atoms with Crippen molar-refractivity contribution in [3.63, 3.8) is 0 Å². The number of oxazole rings is 1. The predicted octanol–water partition coefficient (Wildman–Crippen LogP) is 3.86. The summed E-state index contributed by atoms with van der Waals surface area (Å²) in [6.45, 7) is 1.37. The minimum absolute atomic E-state index is 0.00957. The number of imidazole rings is 1. The molecule has 5 heterocycles. The number of primary amides is 1. The number of aromatic nitrogens is 6. The molecule has 2 fully saturated rings. The van der Waals surface area contributed by atoms with E-state index in [2.05, 4.69) is 36.3 Å². The molecular formula is C40H46F3N11O7. The SMILES string of the molecule is Cn1c(=O)n(C2CCC(=O)NC2=O)c2ccc(CCCOCCNCC3CCC(n4cc(NC(=O)c5coc(-c6ccnc(NCC(F)(F)F)c6)n5)c(C(N)=O)n4)CC3)cc21. The Morgan fingerprint density at radius 3 is 2.61 bits per heavy atom. The van der Waals surface area contributed by atoms with E-state index in [0.717, 1.165) is 62.4 Å². The molecule has 6 N–H and O–H groups in total. The number of hydrogen-bond donors (Lipinski definition) is 5. The number of nitrogens with zero attached hydrogens (tertiary/aromatic N) is 6. The van der Waals surface area contributed by atoms with E-state index in [0.29, 0.717) is 36.8 Å². The number of carbonyl (C=O) groups excluding carboxylic acids is 4. The summed E-state index contributed by atoms with van der Waals surface area (Å²) in [5.41, 5.74) is 7.91. The fourth-order valence-corrected chi connectivity index (χ4v) is 7.74. The quantitative estimate of drug-likeness (QED) is 0.0663. The van der Waals surface area contributed by atoms with Crippen LogP contribution in [0.1, 0.15) is 83.6 Å². The van der Waals surface area contributed by atoms with Gasteiger partial charge in [0, 0.05) is 44.6 Å². The van der Waals surface area contributed by atoms with Gasteiger partial charge >= 0.3 is 11.9 Å². The van der Waals surface area contributed by atoms with Crippen molar-refractivity contribution in [1.29, 1.82) is 0 Å². The van der Waals surface area contributed by atoms with Crippen molar-refractivity contribution in [3.05, 3.63) is 76.4 Å². The molecule has 1 saturated carbocycles. The van der Waals surface area contributed by atoms with Gasteiger partial charge in [0.1, 0.15) is 24.7 Å². The lowest BCUT2D eigenvalue weighted by molar-refractivity contribution is -0.135. The van der Waals surface area contributed by atoms with Gasteiger partial charge in [0.2, 0.25) is 17.7 Å². The van der Waals surface area contributed by atoms with Crippen molar-refractivity contribution in [2.75, 3.05) is 43.5 Å². The van der Waals surface area contributed by atoms with Crippen LogP contribution in [-0.2, 0) is 27.8 Å². The molecule has 61 heavy (non-hydrogen) atoms. The van der Waals surface area contributed by atoms with Crippen molar-refractivity contribution in [1.82, 2.24) is 39.5 Å². The highest BCUT2D eigenvalue weighted by Crippen LogP contribution is 2.33. The van der Waals surface area contributed by atoms with Crippen LogP contribution in [0.3, 0.4) is 0 Å². The van der Waals surface area contributed by atoms with Crippen LogP contribution in [0.2, 0.25) is 0 Å². The molecule has 1 aliphatic heterocycles. The monoisotopic (exact) mass is 849 g/mol. The van der Waals surface area contributed by atoms with E-state index in [4.69, 9.17) is 14.9 Å². The average molecular weight is 850 g/mol. The van der Waals surface area contributed by atoms with Gasteiger partial charge in [-0.15, -0.1) is 0 Å². The summed E-state index contributed by atoms with van der Waals surface area (Å²) in [4.78, 5) is 70.5. The number of ether oxygens (including phenoxy) is 1. The van der Waals surface area contributed by atoms with E-state index in [1.54, 1.807) is 17.9 Å². The second-order valence-electron chi connectivity index (χ2n) is 15.2. The zero-order chi connectivity index (χ0) is 43.3. The van der Waals surface area contributed by atoms with Gasteiger partial charge in [0.05, 0.1) is 29.4 Å². The largest absolute Gasteiger partial charge is 0.444 e. The number of amides is 4. The summed E-state index contributed by atoms with van der Waals surface area (Å²) in [6.07, 6.45) is 4.97. The molecule has 1 unspecified atom stereocenters. The zero-order valence-corrected chi connectivity index (χ0v) is 33.3. The fraction of sp³-hybridized carbons (Fsp3) is 0.450. The summed E-state index contributed by atoms with van der Waals surface area (Å²) in [5, 5.41) is 15.0. The number of benzene rings is 1. The number of anilines is 2. The number of piperidine rings is 1. The maximum absolute atomic E-state index is 13.1. The molecule has 1 aromatic carbocycles. The Bertz CT molecular complexity index is 2460. The zero-order valence-electron chi connectivity index (χ0n) is 33.3. The molecular weight excluding hydrogens is 804 g/mol. The molecule has 0 radical (unpaired) electrons. The van der Waals surface area contributed by atoms with Gasteiger partial charge in [-0.25, -0.2) is 14.8 Å². The molecule has 1 saturated heterocycles. The van der Waals surface area contributed by atoms with Crippen LogP contribution in [0.25, 0.3) is 22.5 Å². The van der Waals surface area contributed by atoms with Crippen molar-refractivity contribution < 1.29 is 41.5 Å². The standard InChI is InChI=1S/C40H46F3N11O7/c1-52-31-17-23(6-9-29(31)54(39(52)59)30-10-11-33(55)50-37(30)58)3-2-15-60-16-14-45-19-24-4-7-26(8-5-24)53-20-27(34(51-53)35(44)56)48-36(57)28-21-61-38(49-28)25-12-13-46-32(18-25)47-22-40(41,42)43/h6,9,12-13,17-18,20-21,24,26,30,45H,2-5,7-8,10-11,14-16,19,22H2,1H3,(H2,44,56)(H,46,47)(H,48,57)(H,50,55,58). The summed E-state index contributed by atoms with van der Waals surface area (Å²) >= 11 is 0. The normalized spacial score (nSPS) is 18.3. The first-order chi connectivity index (χ1) is 29.2. The summed E-state index contributed by atoms with van der Waals surface area (Å²) < 4.78 is 53.8. The molecule has 4 aromatic heterocycles. The van der Waals surface area contributed by atoms with Crippen LogP contribution in [0.4, 0.5) is 24.7 Å². The lowest BCUT2D eigenvalue weighted by atomic mass is 9.86. The second kappa shape index (κ2) is 18.5. The van der Waals surface area contributed by atoms with E-state index < -0.39 is 36.5 Å². The van der Waals surface area contributed by atoms with Gasteiger partial charge in [0.25, 0.3) is 11.8 Å². The highest BCUT2D eigenvalue weighted by atomic mass is 19.4. The number of carbonyl (C=O) groups is 4. The van der Waals surface area contributed by atoms with E-state index in [1.165, 1.54) is 27.5 Å². The Labute approximate surface area is 346 Å². The first-order valence-corrected chi connectivity index (χ1v) is 20.0. The number of alkyl halides is 3. The van der Waals surface area contributed by atoms with Gasteiger partial charge < -0.3 is 30.8 Å². The molecule has 4 amide bonds. The van der Waals surface area contributed by atoms with E-state index in [-0.39, 0.29) is 59.3 Å². The van der Waals surface area contributed by atoms with E-state index in [9.17, 15) is 37.1 Å². The number of aryl methyl sites for hydroxylation is 2. The molecule has 21 heteroatoms. The van der Waals surface area contributed by atoms with Crippen LogP contribution in [0, 0.1) is 5.92 Å². The summed E-state index contributed by atoms with van der Waals surface area (Å²) in [5.74, 6) is -1.94. The van der Waals surface area contributed by atoms with Crippen molar-refractivity contribution in [2.24, 2.45) is 18.7 Å². The van der Waals surface area contributed by atoms with Crippen molar-refractivity contribution >= 4 is 46.2 Å². The highest BCUT2D eigenvalue weighted by molar-refractivity contribution is 6.07. The minimum atomic E-state index is -4.44. The van der Waals surface area contributed by atoms with Gasteiger partial charge in [-0.1, -0.05) is 6.07 Å². The highest BCUT2D eigenvalue weighted by Gasteiger charge is 2.32. The molecule has 5 aromatic rings. The van der Waals surface area contributed by atoms with Crippen molar-refractivity contribution in [3.8, 4) is 11.5 Å². The summed E-state index contributed by atoms with van der Waals surface area (Å²) in [7, 11) is 1.68. The van der Waals surface area contributed by atoms with E-state index >= 15 is 0 Å². The lowest BCUT2D eigenvalue weighted by Crippen LogP contribution is -2.44. The van der Waals surface area contributed by atoms with E-state index in [1.807, 2.05) is 18.2 Å². The molecule has 1 aliphatic carbocycles.